The highest BCUT2D eigenvalue weighted by Gasteiger charge is 2.11. The van der Waals surface area contributed by atoms with E-state index in [1.165, 1.54) is 0 Å². The lowest BCUT2D eigenvalue weighted by molar-refractivity contribution is 0.0900. The fourth-order valence-corrected chi connectivity index (χ4v) is 2.38. The van der Waals surface area contributed by atoms with Crippen molar-refractivity contribution in [2.45, 2.75) is 19.6 Å². The maximum Gasteiger partial charge on any atom is 0.138 e. The van der Waals surface area contributed by atoms with E-state index < -0.39 is 6.10 Å². The second kappa shape index (κ2) is 6.34. The third-order valence-electron chi connectivity index (χ3n) is 3.32. The fraction of sp³-hybridized carbons (Fsp3) is 0.250. The van der Waals surface area contributed by atoms with Gasteiger partial charge in [-0.3, -0.25) is 0 Å². The summed E-state index contributed by atoms with van der Waals surface area (Å²) in [6, 6.07) is 13.2. The van der Waals surface area contributed by atoms with Crippen LogP contribution in [0.5, 0.6) is 5.75 Å². The van der Waals surface area contributed by atoms with E-state index in [0.717, 1.165) is 16.6 Å². The van der Waals surface area contributed by atoms with Gasteiger partial charge >= 0.3 is 0 Å². The van der Waals surface area contributed by atoms with Crippen molar-refractivity contribution in [3.05, 3.63) is 53.1 Å². The lowest BCUT2D eigenvalue weighted by atomic mass is 10.2. The number of ether oxygens (including phenoxy) is 1. The number of benzene rings is 2. The first kappa shape index (κ1) is 14.8. The molecule has 1 atom stereocenters. The van der Waals surface area contributed by atoms with Gasteiger partial charge in [0.15, 0.2) is 0 Å². The summed E-state index contributed by atoms with van der Waals surface area (Å²) in [5.41, 5.74) is 2.74. The van der Waals surface area contributed by atoms with Crippen molar-refractivity contribution in [3.8, 4) is 5.75 Å². The average molecular weight is 318 g/mol. The monoisotopic (exact) mass is 317 g/mol. The van der Waals surface area contributed by atoms with Crippen LogP contribution >= 0.6 is 11.6 Å². The Bertz CT molecular complexity index is 788. The zero-order chi connectivity index (χ0) is 15.5. The smallest absolute Gasteiger partial charge is 0.138 e. The van der Waals surface area contributed by atoms with Crippen LogP contribution in [0.2, 0.25) is 5.02 Å². The van der Waals surface area contributed by atoms with Crippen molar-refractivity contribution in [1.82, 2.24) is 15.0 Å². The molecule has 0 unspecified atom stereocenters. The quantitative estimate of drug-likeness (QED) is 0.786. The maximum absolute atomic E-state index is 10.1. The Hall–Kier alpha value is -2.11. The molecule has 5 nitrogen and oxygen atoms in total. The summed E-state index contributed by atoms with van der Waals surface area (Å²) in [6.07, 6.45) is -0.707. The minimum absolute atomic E-state index is 0.136. The molecule has 22 heavy (non-hydrogen) atoms. The molecule has 0 spiro atoms. The van der Waals surface area contributed by atoms with Crippen molar-refractivity contribution in [2.24, 2.45) is 0 Å². The molecular weight excluding hydrogens is 302 g/mol. The molecule has 114 valence electrons. The SMILES string of the molecule is Cc1ccc(Cl)c(OC[C@@H](O)Cn2nnc3ccccc32)c1. The van der Waals surface area contributed by atoms with Gasteiger partial charge in [-0.05, 0) is 36.8 Å². The van der Waals surface area contributed by atoms with E-state index in [1.54, 1.807) is 10.7 Å². The number of para-hydroxylation sites is 1. The third kappa shape index (κ3) is 3.21. The van der Waals surface area contributed by atoms with E-state index in [1.807, 2.05) is 43.3 Å². The van der Waals surface area contributed by atoms with Gasteiger partial charge in [0.05, 0.1) is 17.1 Å². The van der Waals surface area contributed by atoms with Crippen molar-refractivity contribution in [2.75, 3.05) is 6.61 Å². The molecule has 3 rings (SSSR count). The summed E-state index contributed by atoms with van der Waals surface area (Å²) in [5, 5.41) is 18.8. The molecule has 0 aliphatic heterocycles. The standard InChI is InChI=1S/C16H16ClN3O2/c1-11-6-7-13(17)16(8-11)22-10-12(21)9-20-15-5-3-2-4-14(15)18-19-20/h2-8,12,21H,9-10H2,1H3/t12-/m0/s1. The van der Waals surface area contributed by atoms with Gasteiger partial charge in [-0.25, -0.2) is 4.68 Å². The first-order valence-corrected chi connectivity index (χ1v) is 7.36. The highest BCUT2D eigenvalue weighted by Crippen LogP contribution is 2.25. The van der Waals surface area contributed by atoms with Crippen LogP contribution in [0.25, 0.3) is 11.0 Å². The highest BCUT2D eigenvalue weighted by molar-refractivity contribution is 6.32. The van der Waals surface area contributed by atoms with Crippen LogP contribution in [0.4, 0.5) is 0 Å². The number of nitrogens with zero attached hydrogens (tertiary/aromatic N) is 3. The number of aryl methyl sites for hydroxylation is 1. The average Bonchev–Trinajstić information content (AvgIpc) is 2.91. The summed E-state index contributed by atoms with van der Waals surface area (Å²) in [6.45, 7) is 2.41. The number of fused-ring (bicyclic) bond motifs is 1. The number of aliphatic hydroxyl groups is 1. The summed E-state index contributed by atoms with van der Waals surface area (Å²) in [7, 11) is 0. The van der Waals surface area contributed by atoms with Crippen LogP contribution in [0, 0.1) is 6.92 Å². The first-order chi connectivity index (χ1) is 10.6. The topological polar surface area (TPSA) is 60.2 Å². The fourth-order valence-electron chi connectivity index (χ4n) is 2.21. The minimum Gasteiger partial charge on any atom is -0.489 e. The second-order valence-corrected chi connectivity index (χ2v) is 5.57. The van der Waals surface area contributed by atoms with E-state index in [-0.39, 0.29) is 6.61 Å². The van der Waals surface area contributed by atoms with Crippen LogP contribution in [0.3, 0.4) is 0 Å². The molecule has 0 saturated carbocycles. The summed E-state index contributed by atoms with van der Waals surface area (Å²) in [5.74, 6) is 0.573. The molecule has 3 aromatic rings. The molecule has 1 heterocycles. The number of hydrogen-bond acceptors (Lipinski definition) is 4. The zero-order valence-electron chi connectivity index (χ0n) is 12.1. The Labute approximate surface area is 133 Å². The van der Waals surface area contributed by atoms with Crippen molar-refractivity contribution in [3.63, 3.8) is 0 Å². The van der Waals surface area contributed by atoms with Gasteiger partial charge in [0.2, 0.25) is 0 Å². The van der Waals surface area contributed by atoms with Gasteiger partial charge in [-0.1, -0.05) is 35.0 Å². The van der Waals surface area contributed by atoms with Crippen LogP contribution < -0.4 is 4.74 Å². The van der Waals surface area contributed by atoms with Gasteiger partial charge in [0.1, 0.15) is 24.0 Å². The predicted octanol–water partition coefficient (Wildman–Crippen LogP) is 2.83. The molecule has 0 aliphatic carbocycles. The van der Waals surface area contributed by atoms with Crippen LogP contribution in [-0.2, 0) is 6.54 Å². The molecule has 0 radical (unpaired) electrons. The number of rotatable bonds is 5. The van der Waals surface area contributed by atoms with Crippen LogP contribution in [0.15, 0.2) is 42.5 Å². The van der Waals surface area contributed by atoms with Gasteiger partial charge in [0.25, 0.3) is 0 Å². The molecule has 0 saturated heterocycles. The van der Waals surface area contributed by atoms with E-state index >= 15 is 0 Å². The molecule has 0 fully saturated rings. The van der Waals surface area contributed by atoms with Gasteiger partial charge in [-0.2, -0.15) is 0 Å². The van der Waals surface area contributed by atoms with Gasteiger partial charge in [0, 0.05) is 0 Å². The van der Waals surface area contributed by atoms with E-state index in [4.69, 9.17) is 16.3 Å². The Morgan fingerprint density at radius 1 is 1.27 bits per heavy atom. The highest BCUT2D eigenvalue weighted by atomic mass is 35.5. The largest absolute Gasteiger partial charge is 0.489 e. The van der Waals surface area contributed by atoms with E-state index in [9.17, 15) is 5.11 Å². The first-order valence-electron chi connectivity index (χ1n) is 6.99. The molecule has 0 bridgehead atoms. The molecule has 2 aromatic carbocycles. The van der Waals surface area contributed by atoms with E-state index in [2.05, 4.69) is 10.3 Å². The number of hydrogen-bond donors (Lipinski definition) is 1. The molecule has 1 aromatic heterocycles. The Kier molecular flexibility index (Phi) is 4.27. The number of halogens is 1. The van der Waals surface area contributed by atoms with Gasteiger partial charge < -0.3 is 9.84 Å². The summed E-state index contributed by atoms with van der Waals surface area (Å²) in [4.78, 5) is 0. The molecular formula is C16H16ClN3O2. The second-order valence-electron chi connectivity index (χ2n) is 5.16. The Morgan fingerprint density at radius 3 is 2.95 bits per heavy atom. The summed E-state index contributed by atoms with van der Waals surface area (Å²) >= 11 is 6.07. The third-order valence-corrected chi connectivity index (χ3v) is 3.63. The summed E-state index contributed by atoms with van der Waals surface area (Å²) < 4.78 is 7.26. The van der Waals surface area contributed by atoms with E-state index in [0.29, 0.717) is 17.3 Å². The zero-order valence-corrected chi connectivity index (χ0v) is 12.9. The number of aromatic nitrogens is 3. The van der Waals surface area contributed by atoms with Crippen LogP contribution in [0.1, 0.15) is 5.56 Å². The van der Waals surface area contributed by atoms with Crippen molar-refractivity contribution >= 4 is 22.6 Å². The maximum atomic E-state index is 10.1. The predicted molar refractivity (Wildman–Crippen MR) is 85.2 cm³/mol. The van der Waals surface area contributed by atoms with Gasteiger partial charge in [-0.15, -0.1) is 5.10 Å². The molecule has 1 N–H and O–H groups in total. The van der Waals surface area contributed by atoms with Crippen molar-refractivity contribution in [1.29, 1.82) is 0 Å². The van der Waals surface area contributed by atoms with Crippen molar-refractivity contribution < 1.29 is 9.84 Å². The molecule has 0 aliphatic rings. The lowest BCUT2D eigenvalue weighted by Gasteiger charge is -2.14. The van der Waals surface area contributed by atoms with Crippen LogP contribution in [-0.4, -0.2) is 32.8 Å². The number of aliphatic hydroxyl groups excluding tert-OH is 1. The Morgan fingerprint density at radius 2 is 2.09 bits per heavy atom. The molecule has 0 amide bonds. The lowest BCUT2D eigenvalue weighted by Crippen LogP contribution is -2.24. The normalized spacial score (nSPS) is 12.5. The molecule has 6 heteroatoms. The Balaban J connectivity index is 1.65. The minimum atomic E-state index is -0.707.